The van der Waals surface area contributed by atoms with E-state index >= 15 is 0 Å². The Morgan fingerprint density at radius 1 is 1.26 bits per heavy atom. The van der Waals surface area contributed by atoms with E-state index in [1.54, 1.807) is 0 Å². The zero-order valence-corrected chi connectivity index (χ0v) is 16.6. The number of morpholine rings is 1. The zero-order chi connectivity index (χ0) is 19.4. The first kappa shape index (κ1) is 19.5. The second-order valence-electron chi connectivity index (χ2n) is 6.48. The quantitative estimate of drug-likeness (QED) is 0.592. The predicted octanol–water partition coefficient (Wildman–Crippen LogP) is 1.79. The third-order valence-corrected chi connectivity index (χ3v) is 5.11. The lowest BCUT2D eigenvalue weighted by Gasteiger charge is -2.35. The molecule has 3 rings (SSSR count). The highest BCUT2D eigenvalue weighted by Crippen LogP contribution is 2.24. The van der Waals surface area contributed by atoms with E-state index in [-0.39, 0.29) is 23.9 Å². The molecule has 0 saturated carbocycles. The van der Waals surface area contributed by atoms with Gasteiger partial charge in [-0.3, -0.25) is 4.79 Å². The lowest BCUT2D eigenvalue weighted by molar-refractivity contribution is -0.140. The topological polar surface area (TPSA) is 95.5 Å². The molecular weight excluding hydrogens is 366 g/mol. The summed E-state index contributed by atoms with van der Waals surface area (Å²) in [6.45, 7) is 7.72. The first-order valence-corrected chi connectivity index (χ1v) is 9.96. The number of nitrogens with zero attached hydrogens (tertiary/aromatic N) is 4. The Labute approximate surface area is 163 Å². The van der Waals surface area contributed by atoms with Gasteiger partial charge in [0.05, 0.1) is 24.6 Å². The smallest absolute Gasteiger partial charge is 0.233 e. The molecule has 1 aromatic heterocycles. The van der Waals surface area contributed by atoms with Crippen molar-refractivity contribution in [1.29, 1.82) is 0 Å². The number of aromatic nitrogens is 3. The number of hydrogen-bond donors (Lipinski definition) is 1. The summed E-state index contributed by atoms with van der Waals surface area (Å²) in [4.78, 5) is 14.3. The lowest BCUT2D eigenvalue weighted by Crippen LogP contribution is -2.48. The van der Waals surface area contributed by atoms with Gasteiger partial charge in [0, 0.05) is 18.7 Å². The number of nitrogens with two attached hydrogens (primary N) is 1. The molecule has 2 heterocycles. The van der Waals surface area contributed by atoms with Crippen LogP contribution in [0.4, 0.5) is 0 Å². The Balaban J connectivity index is 1.62. The van der Waals surface area contributed by atoms with E-state index < -0.39 is 0 Å². The molecule has 1 fully saturated rings. The van der Waals surface area contributed by atoms with Crippen molar-refractivity contribution in [3.05, 3.63) is 24.3 Å². The van der Waals surface area contributed by atoms with Crippen LogP contribution in [0.3, 0.4) is 0 Å². The SMILES string of the molecule is CCOc1ccc(-c2nnc(SCC(=O)N3C[C@H](C)O[C@@H](C)C3)n2N)cc1. The molecule has 1 aliphatic heterocycles. The van der Waals surface area contributed by atoms with Crippen LogP contribution in [0.2, 0.25) is 0 Å². The van der Waals surface area contributed by atoms with E-state index in [0.717, 1.165) is 11.3 Å². The number of thioether (sulfide) groups is 1. The number of ether oxygens (including phenoxy) is 2. The van der Waals surface area contributed by atoms with Gasteiger partial charge in [-0.25, -0.2) is 4.68 Å². The summed E-state index contributed by atoms with van der Waals surface area (Å²) in [6.07, 6.45) is 0.0965. The molecule has 1 saturated heterocycles. The van der Waals surface area contributed by atoms with E-state index in [4.69, 9.17) is 15.3 Å². The van der Waals surface area contributed by atoms with Gasteiger partial charge in [-0.15, -0.1) is 10.2 Å². The van der Waals surface area contributed by atoms with Crippen molar-refractivity contribution in [1.82, 2.24) is 19.8 Å². The van der Waals surface area contributed by atoms with E-state index in [1.807, 2.05) is 49.9 Å². The molecule has 2 aromatic rings. The molecule has 1 aliphatic rings. The standard InChI is InChI=1S/C18H25N5O3S/c1-4-25-15-7-5-14(6-8-15)17-20-21-18(23(17)19)27-11-16(24)22-9-12(2)26-13(3)10-22/h5-8,12-13H,4,9-11,19H2,1-3H3/t12-,13-/m0/s1. The zero-order valence-electron chi connectivity index (χ0n) is 15.8. The Morgan fingerprint density at radius 3 is 2.56 bits per heavy atom. The Kier molecular flexibility index (Phi) is 6.22. The minimum absolute atomic E-state index is 0.0483. The maximum atomic E-state index is 12.5. The van der Waals surface area contributed by atoms with Crippen molar-refractivity contribution in [3.63, 3.8) is 0 Å². The second-order valence-corrected chi connectivity index (χ2v) is 7.42. The van der Waals surface area contributed by atoms with E-state index in [2.05, 4.69) is 10.2 Å². The third kappa shape index (κ3) is 4.72. The van der Waals surface area contributed by atoms with Gasteiger partial charge in [-0.05, 0) is 45.0 Å². The minimum Gasteiger partial charge on any atom is -0.494 e. The number of nitrogen functional groups attached to an aromatic ring is 1. The fraction of sp³-hybridized carbons (Fsp3) is 0.500. The summed E-state index contributed by atoms with van der Waals surface area (Å²) in [6, 6.07) is 7.50. The van der Waals surface area contributed by atoms with Crippen LogP contribution in [0.15, 0.2) is 29.4 Å². The lowest BCUT2D eigenvalue weighted by atomic mass is 10.2. The predicted molar refractivity (Wildman–Crippen MR) is 104 cm³/mol. The number of rotatable bonds is 6. The van der Waals surface area contributed by atoms with E-state index in [0.29, 0.717) is 30.7 Å². The van der Waals surface area contributed by atoms with Gasteiger partial charge in [0.15, 0.2) is 5.82 Å². The molecule has 8 nitrogen and oxygen atoms in total. The van der Waals surface area contributed by atoms with Crippen LogP contribution in [0.5, 0.6) is 5.75 Å². The molecule has 146 valence electrons. The Hall–Kier alpha value is -2.26. The Morgan fingerprint density at radius 2 is 1.93 bits per heavy atom. The molecule has 0 bridgehead atoms. The average molecular weight is 391 g/mol. The fourth-order valence-electron chi connectivity index (χ4n) is 3.04. The van der Waals surface area contributed by atoms with E-state index in [1.165, 1.54) is 16.4 Å². The van der Waals surface area contributed by atoms with Crippen molar-refractivity contribution in [2.45, 2.75) is 38.1 Å². The van der Waals surface area contributed by atoms with Gasteiger partial charge >= 0.3 is 0 Å². The molecular formula is C18H25N5O3S. The number of hydrogen-bond acceptors (Lipinski definition) is 7. The number of amides is 1. The molecule has 1 aromatic carbocycles. The number of carbonyl (C=O) groups excluding carboxylic acids is 1. The molecule has 0 radical (unpaired) electrons. The van der Waals surface area contributed by atoms with Gasteiger partial charge in [0.1, 0.15) is 5.75 Å². The maximum absolute atomic E-state index is 12.5. The second kappa shape index (κ2) is 8.62. The van der Waals surface area contributed by atoms with Gasteiger partial charge in [0.25, 0.3) is 0 Å². The fourth-order valence-corrected chi connectivity index (χ4v) is 3.80. The molecule has 0 spiro atoms. The highest BCUT2D eigenvalue weighted by atomic mass is 32.2. The van der Waals surface area contributed by atoms with Crippen LogP contribution in [0.1, 0.15) is 20.8 Å². The van der Waals surface area contributed by atoms with E-state index in [9.17, 15) is 4.79 Å². The molecule has 27 heavy (non-hydrogen) atoms. The maximum Gasteiger partial charge on any atom is 0.233 e. The monoisotopic (exact) mass is 391 g/mol. The van der Waals surface area contributed by atoms with Gasteiger partial charge in [0.2, 0.25) is 11.1 Å². The van der Waals surface area contributed by atoms with Crippen LogP contribution < -0.4 is 10.6 Å². The highest BCUT2D eigenvalue weighted by molar-refractivity contribution is 7.99. The van der Waals surface area contributed by atoms with Crippen molar-refractivity contribution in [2.24, 2.45) is 0 Å². The summed E-state index contributed by atoms with van der Waals surface area (Å²) in [5.74, 6) is 7.78. The Bertz CT molecular complexity index is 770. The molecule has 0 aliphatic carbocycles. The molecule has 2 N–H and O–H groups in total. The summed E-state index contributed by atoms with van der Waals surface area (Å²) >= 11 is 1.29. The van der Waals surface area contributed by atoms with Gasteiger partial charge in [-0.2, -0.15) is 0 Å². The van der Waals surface area contributed by atoms with Crippen molar-refractivity contribution in [2.75, 3.05) is 31.3 Å². The highest BCUT2D eigenvalue weighted by Gasteiger charge is 2.26. The summed E-state index contributed by atoms with van der Waals surface area (Å²) in [5.41, 5.74) is 0.836. The van der Waals surface area contributed by atoms with Crippen LogP contribution in [0, 0.1) is 0 Å². The molecule has 2 atom stereocenters. The van der Waals surface area contributed by atoms with Gasteiger partial charge in [-0.1, -0.05) is 11.8 Å². The largest absolute Gasteiger partial charge is 0.494 e. The molecule has 0 unspecified atom stereocenters. The first-order chi connectivity index (χ1) is 13.0. The van der Waals surface area contributed by atoms with Crippen LogP contribution in [-0.2, 0) is 9.53 Å². The van der Waals surface area contributed by atoms with Crippen LogP contribution in [0.25, 0.3) is 11.4 Å². The molecule has 9 heteroatoms. The first-order valence-electron chi connectivity index (χ1n) is 8.97. The summed E-state index contributed by atoms with van der Waals surface area (Å²) in [7, 11) is 0. The van der Waals surface area contributed by atoms with Gasteiger partial charge < -0.3 is 20.2 Å². The van der Waals surface area contributed by atoms with Crippen LogP contribution in [-0.4, -0.2) is 63.3 Å². The van der Waals surface area contributed by atoms with Crippen molar-refractivity contribution in [3.8, 4) is 17.1 Å². The average Bonchev–Trinajstić information content (AvgIpc) is 3.00. The number of carbonyl (C=O) groups is 1. The van der Waals surface area contributed by atoms with Crippen molar-refractivity contribution < 1.29 is 14.3 Å². The van der Waals surface area contributed by atoms with Crippen molar-refractivity contribution >= 4 is 17.7 Å². The summed E-state index contributed by atoms with van der Waals surface area (Å²) in [5, 5.41) is 8.78. The normalized spacial score (nSPS) is 19.9. The minimum atomic E-state index is 0.0483. The number of benzene rings is 1. The molecule has 1 amide bonds. The van der Waals surface area contributed by atoms with Crippen LogP contribution >= 0.6 is 11.8 Å². The summed E-state index contributed by atoms with van der Waals surface area (Å²) < 4.78 is 12.5. The third-order valence-electron chi connectivity index (χ3n) is 4.19.